The number of ether oxygens (including phenoxy) is 2. The van der Waals surface area contributed by atoms with Crippen LogP contribution in [-0.2, 0) is 9.53 Å². The Morgan fingerprint density at radius 2 is 1.90 bits per heavy atom. The van der Waals surface area contributed by atoms with Gasteiger partial charge in [-0.05, 0) is 48.7 Å². The Morgan fingerprint density at radius 1 is 1.13 bits per heavy atom. The number of hydrogen-bond donors (Lipinski definition) is 1. The number of methoxy groups -OCH3 is 1. The number of benzene rings is 2. The van der Waals surface area contributed by atoms with E-state index >= 15 is 0 Å². The summed E-state index contributed by atoms with van der Waals surface area (Å²) in [5.74, 6) is 0.263. The number of amides is 2. The van der Waals surface area contributed by atoms with Crippen molar-refractivity contribution in [1.82, 2.24) is 10.2 Å². The Kier molecular flexibility index (Phi) is 7.27. The number of carbonyl (C=O) groups is 3. The van der Waals surface area contributed by atoms with Crippen LogP contribution in [0.15, 0.2) is 36.4 Å². The van der Waals surface area contributed by atoms with E-state index in [0.717, 1.165) is 29.4 Å². The van der Waals surface area contributed by atoms with Crippen molar-refractivity contribution in [1.29, 1.82) is 0 Å². The first-order valence-corrected chi connectivity index (χ1v) is 10.3. The first-order chi connectivity index (χ1) is 14.5. The third-order valence-corrected chi connectivity index (χ3v) is 5.32. The molecule has 1 N–H and O–H groups in total. The van der Waals surface area contributed by atoms with Gasteiger partial charge in [-0.25, -0.2) is 4.79 Å². The summed E-state index contributed by atoms with van der Waals surface area (Å²) in [6.45, 7) is 3.27. The molecule has 1 heterocycles. The largest absolute Gasteiger partial charge is 0.497 e. The van der Waals surface area contributed by atoms with Crippen LogP contribution in [0.5, 0.6) is 5.75 Å². The van der Waals surface area contributed by atoms with E-state index in [9.17, 15) is 14.4 Å². The standard InChI is InChI=1S/C23H28N2O5/c1-3-30-21(26)10-11-24-23(28)25-12-4-5-19(15-25)22(27)18-7-6-17-14-20(29-2)9-8-16(17)13-18/h6-9,13-14,19H,3-5,10-12,15H2,1-2H3,(H,24,28)/t19-/m0/s1. The minimum absolute atomic E-state index is 0.0525. The summed E-state index contributed by atoms with van der Waals surface area (Å²) >= 11 is 0. The second-order valence-corrected chi connectivity index (χ2v) is 7.36. The highest BCUT2D eigenvalue weighted by atomic mass is 16.5. The summed E-state index contributed by atoms with van der Waals surface area (Å²) in [7, 11) is 1.63. The van der Waals surface area contributed by atoms with Gasteiger partial charge in [-0.1, -0.05) is 18.2 Å². The number of hydrogen-bond acceptors (Lipinski definition) is 5. The van der Waals surface area contributed by atoms with Gasteiger partial charge >= 0.3 is 12.0 Å². The SMILES string of the molecule is CCOC(=O)CCNC(=O)N1CCC[C@H](C(=O)c2ccc3cc(OC)ccc3c2)C1. The van der Waals surface area contributed by atoms with Crippen LogP contribution in [0.2, 0.25) is 0 Å². The van der Waals surface area contributed by atoms with Gasteiger partial charge in [0.1, 0.15) is 5.75 Å². The fourth-order valence-corrected chi connectivity index (χ4v) is 3.73. The van der Waals surface area contributed by atoms with Crippen LogP contribution in [0.25, 0.3) is 10.8 Å². The Bertz CT molecular complexity index is 927. The van der Waals surface area contributed by atoms with Crippen molar-refractivity contribution in [2.24, 2.45) is 5.92 Å². The number of piperidine rings is 1. The summed E-state index contributed by atoms with van der Waals surface area (Å²) < 4.78 is 10.1. The van der Waals surface area contributed by atoms with Gasteiger partial charge in [-0.3, -0.25) is 9.59 Å². The maximum absolute atomic E-state index is 13.1. The smallest absolute Gasteiger partial charge is 0.317 e. The Balaban J connectivity index is 1.60. The fraction of sp³-hybridized carbons (Fsp3) is 0.435. The molecule has 7 heteroatoms. The Morgan fingerprint density at radius 3 is 2.67 bits per heavy atom. The molecule has 0 aliphatic carbocycles. The molecule has 0 bridgehead atoms. The second-order valence-electron chi connectivity index (χ2n) is 7.36. The molecule has 0 radical (unpaired) electrons. The van der Waals surface area contributed by atoms with E-state index in [1.807, 2.05) is 36.4 Å². The molecule has 0 unspecified atom stereocenters. The van der Waals surface area contributed by atoms with Gasteiger partial charge in [-0.15, -0.1) is 0 Å². The van der Waals surface area contributed by atoms with Crippen molar-refractivity contribution in [3.63, 3.8) is 0 Å². The molecule has 160 valence electrons. The molecule has 1 atom stereocenters. The number of esters is 1. The zero-order valence-corrected chi connectivity index (χ0v) is 17.5. The van der Waals surface area contributed by atoms with E-state index in [1.165, 1.54) is 0 Å². The van der Waals surface area contributed by atoms with E-state index in [-0.39, 0.29) is 36.7 Å². The quantitative estimate of drug-likeness (QED) is 0.556. The molecule has 3 rings (SSSR count). The predicted molar refractivity (Wildman–Crippen MR) is 114 cm³/mol. The zero-order valence-electron chi connectivity index (χ0n) is 17.5. The highest BCUT2D eigenvalue weighted by molar-refractivity contribution is 6.01. The van der Waals surface area contributed by atoms with Gasteiger partial charge in [0.2, 0.25) is 0 Å². The minimum atomic E-state index is -0.335. The lowest BCUT2D eigenvalue weighted by Gasteiger charge is -2.32. The molecule has 1 aliphatic rings. The maximum atomic E-state index is 13.1. The van der Waals surface area contributed by atoms with E-state index in [1.54, 1.807) is 18.9 Å². The molecule has 7 nitrogen and oxygen atoms in total. The van der Waals surface area contributed by atoms with Crippen molar-refractivity contribution in [3.05, 3.63) is 42.0 Å². The van der Waals surface area contributed by atoms with Crippen molar-refractivity contribution >= 4 is 28.6 Å². The summed E-state index contributed by atoms with van der Waals surface area (Å²) in [6.07, 6.45) is 1.66. The van der Waals surface area contributed by atoms with Gasteiger partial charge in [-0.2, -0.15) is 0 Å². The molecular weight excluding hydrogens is 384 g/mol. The van der Waals surface area contributed by atoms with E-state index in [0.29, 0.717) is 25.3 Å². The molecule has 2 aromatic rings. The predicted octanol–water partition coefficient (Wildman–Crippen LogP) is 3.41. The second kappa shape index (κ2) is 10.1. The van der Waals surface area contributed by atoms with Crippen LogP contribution in [0.4, 0.5) is 4.79 Å². The summed E-state index contributed by atoms with van der Waals surface area (Å²) in [5, 5.41) is 4.73. The molecule has 2 amide bonds. The molecule has 1 fully saturated rings. The van der Waals surface area contributed by atoms with E-state index < -0.39 is 0 Å². The van der Waals surface area contributed by atoms with Crippen molar-refractivity contribution < 1.29 is 23.9 Å². The van der Waals surface area contributed by atoms with Crippen LogP contribution in [0.1, 0.15) is 36.5 Å². The number of urea groups is 1. The van der Waals surface area contributed by atoms with Gasteiger partial charge in [0.05, 0.1) is 20.1 Å². The summed E-state index contributed by atoms with van der Waals surface area (Å²) in [6, 6.07) is 11.2. The number of ketones is 1. The minimum Gasteiger partial charge on any atom is -0.497 e. The maximum Gasteiger partial charge on any atom is 0.317 e. The van der Waals surface area contributed by atoms with Crippen LogP contribution in [-0.4, -0.2) is 56.0 Å². The van der Waals surface area contributed by atoms with Crippen LogP contribution in [0.3, 0.4) is 0 Å². The van der Waals surface area contributed by atoms with Gasteiger partial charge in [0.15, 0.2) is 5.78 Å². The molecular formula is C23H28N2O5. The third-order valence-electron chi connectivity index (χ3n) is 5.32. The third kappa shape index (κ3) is 5.28. The van der Waals surface area contributed by atoms with Crippen molar-refractivity contribution in [3.8, 4) is 5.75 Å². The highest BCUT2D eigenvalue weighted by Crippen LogP contribution is 2.25. The number of nitrogens with one attached hydrogen (secondary N) is 1. The van der Waals surface area contributed by atoms with Crippen LogP contribution in [0, 0.1) is 5.92 Å². The Hall–Kier alpha value is -3.09. The molecule has 1 saturated heterocycles. The monoisotopic (exact) mass is 412 g/mol. The van der Waals surface area contributed by atoms with Gasteiger partial charge in [0, 0.05) is 31.1 Å². The zero-order chi connectivity index (χ0) is 21.5. The number of rotatable bonds is 7. The molecule has 30 heavy (non-hydrogen) atoms. The fourth-order valence-electron chi connectivity index (χ4n) is 3.73. The molecule has 1 aliphatic heterocycles. The van der Waals surface area contributed by atoms with Crippen molar-refractivity contribution in [2.45, 2.75) is 26.2 Å². The average Bonchev–Trinajstić information content (AvgIpc) is 2.78. The number of likely N-dealkylation sites (tertiary alicyclic amines) is 1. The summed E-state index contributed by atoms with van der Waals surface area (Å²) in [4.78, 5) is 38.5. The summed E-state index contributed by atoms with van der Waals surface area (Å²) in [5.41, 5.74) is 0.655. The van der Waals surface area contributed by atoms with E-state index in [2.05, 4.69) is 5.32 Å². The highest BCUT2D eigenvalue weighted by Gasteiger charge is 2.29. The number of nitrogens with zero attached hydrogens (tertiary/aromatic N) is 1. The normalized spacial score (nSPS) is 16.2. The lowest BCUT2D eigenvalue weighted by atomic mass is 9.89. The van der Waals surface area contributed by atoms with E-state index in [4.69, 9.17) is 9.47 Å². The van der Waals surface area contributed by atoms with Gasteiger partial charge < -0.3 is 19.7 Å². The number of Topliss-reactive ketones (excluding diaryl/α,β-unsaturated/α-hetero) is 1. The molecule has 2 aromatic carbocycles. The number of carbonyl (C=O) groups excluding carboxylic acids is 3. The lowest BCUT2D eigenvalue weighted by molar-refractivity contribution is -0.142. The topological polar surface area (TPSA) is 84.9 Å². The first-order valence-electron chi connectivity index (χ1n) is 10.3. The average molecular weight is 412 g/mol. The molecule has 0 spiro atoms. The van der Waals surface area contributed by atoms with Crippen molar-refractivity contribution in [2.75, 3.05) is 33.4 Å². The Labute approximate surface area is 176 Å². The lowest BCUT2D eigenvalue weighted by Crippen LogP contribution is -2.47. The van der Waals surface area contributed by atoms with Crippen LogP contribution < -0.4 is 10.1 Å². The molecule has 0 aromatic heterocycles. The number of fused-ring (bicyclic) bond motifs is 1. The molecule has 0 saturated carbocycles. The van der Waals surface area contributed by atoms with Crippen LogP contribution >= 0.6 is 0 Å². The van der Waals surface area contributed by atoms with Gasteiger partial charge in [0.25, 0.3) is 0 Å². The first kappa shape index (κ1) is 21.6.